The Hall–Kier alpha value is -4.63. The van der Waals surface area contributed by atoms with Crippen LogP contribution >= 0.6 is 11.6 Å². The molecule has 1 aliphatic rings. The lowest BCUT2D eigenvalue weighted by molar-refractivity contribution is -0.118. The largest absolute Gasteiger partial charge is 0.478 e. The van der Waals surface area contributed by atoms with Gasteiger partial charge in [0.15, 0.2) is 5.58 Å². The number of amides is 1. The second-order valence-electron chi connectivity index (χ2n) is 8.32. The number of hydrogen-bond donors (Lipinski definition) is 4. The summed E-state index contributed by atoms with van der Waals surface area (Å²) in [7, 11) is 0. The average Bonchev–Trinajstić information content (AvgIpc) is 3.29. The number of halogens is 1. The molecule has 1 aliphatic heterocycles. The number of oxazole rings is 1. The molecule has 0 saturated heterocycles. The van der Waals surface area contributed by atoms with Crippen LogP contribution in [0.25, 0.3) is 11.1 Å². The molecule has 0 radical (unpaired) electrons. The number of nitrogens with zero attached hydrogens (tertiary/aromatic N) is 2. The Morgan fingerprint density at radius 1 is 1.05 bits per heavy atom. The maximum atomic E-state index is 13.4. The van der Waals surface area contributed by atoms with Crippen molar-refractivity contribution in [3.8, 4) is 0 Å². The van der Waals surface area contributed by atoms with E-state index in [1.54, 1.807) is 43.3 Å². The summed E-state index contributed by atoms with van der Waals surface area (Å²) in [4.78, 5) is 34.1. The van der Waals surface area contributed by atoms with Gasteiger partial charge in [0.05, 0.1) is 11.1 Å². The molecular formula is C27H22ClN5O4. The predicted octanol–water partition coefficient (Wildman–Crippen LogP) is 4.88. The summed E-state index contributed by atoms with van der Waals surface area (Å²) in [5, 5.41) is 18.9. The number of hydrogen-bond acceptors (Lipinski definition) is 7. The van der Waals surface area contributed by atoms with Crippen molar-refractivity contribution in [2.75, 3.05) is 5.32 Å². The maximum Gasteiger partial charge on any atom is 0.336 e. The van der Waals surface area contributed by atoms with Gasteiger partial charge in [0.1, 0.15) is 11.6 Å². The Morgan fingerprint density at radius 3 is 2.57 bits per heavy atom. The first-order valence-electron chi connectivity index (χ1n) is 11.4. The van der Waals surface area contributed by atoms with Crippen LogP contribution < -0.4 is 16.0 Å². The number of aromatic nitrogens is 1. The van der Waals surface area contributed by atoms with E-state index in [0.29, 0.717) is 44.5 Å². The molecule has 0 fully saturated rings. The fourth-order valence-electron chi connectivity index (χ4n) is 4.14. The van der Waals surface area contributed by atoms with Crippen LogP contribution in [0.3, 0.4) is 0 Å². The number of rotatable bonds is 6. The van der Waals surface area contributed by atoms with Crippen LogP contribution in [0.1, 0.15) is 34.5 Å². The van der Waals surface area contributed by atoms with E-state index < -0.39 is 17.9 Å². The molecule has 186 valence electrons. The summed E-state index contributed by atoms with van der Waals surface area (Å²) in [5.74, 6) is -1.13. The van der Waals surface area contributed by atoms with Crippen molar-refractivity contribution in [3.63, 3.8) is 0 Å². The van der Waals surface area contributed by atoms with Crippen LogP contribution in [0.2, 0.25) is 5.02 Å². The van der Waals surface area contributed by atoms with E-state index in [4.69, 9.17) is 21.0 Å². The van der Waals surface area contributed by atoms with Crippen molar-refractivity contribution in [2.45, 2.75) is 19.5 Å². The molecule has 4 aromatic rings. The molecule has 1 aromatic heterocycles. The summed E-state index contributed by atoms with van der Waals surface area (Å²) in [6.45, 7) is 1.79. The van der Waals surface area contributed by atoms with Crippen molar-refractivity contribution >= 4 is 46.6 Å². The van der Waals surface area contributed by atoms with Crippen molar-refractivity contribution in [3.05, 3.63) is 106 Å². The fraction of sp³-hybridized carbons (Fsp3) is 0.111. The van der Waals surface area contributed by atoms with Gasteiger partial charge in [-0.3, -0.25) is 10.1 Å². The van der Waals surface area contributed by atoms with Crippen molar-refractivity contribution in [2.24, 2.45) is 4.99 Å². The number of nitrogens with one attached hydrogen (secondary N) is 3. The second kappa shape index (κ2) is 10.2. The highest BCUT2D eigenvalue weighted by Gasteiger charge is 2.31. The van der Waals surface area contributed by atoms with Gasteiger partial charge in [-0.05, 0) is 36.8 Å². The van der Waals surface area contributed by atoms with Gasteiger partial charge in [0, 0.05) is 22.8 Å². The highest BCUT2D eigenvalue weighted by Crippen LogP contribution is 2.35. The molecule has 0 saturated carbocycles. The van der Waals surface area contributed by atoms with Crippen molar-refractivity contribution in [1.29, 1.82) is 0 Å². The Labute approximate surface area is 216 Å². The van der Waals surface area contributed by atoms with E-state index in [0.717, 1.165) is 0 Å². The van der Waals surface area contributed by atoms with Gasteiger partial charge in [-0.15, -0.1) is 0 Å². The molecule has 3 aromatic carbocycles. The van der Waals surface area contributed by atoms with Crippen LogP contribution in [0, 0.1) is 0 Å². The highest BCUT2D eigenvalue weighted by atomic mass is 35.5. The van der Waals surface area contributed by atoms with Crippen LogP contribution in [-0.4, -0.2) is 27.9 Å². The number of para-hydroxylation sites is 2. The second-order valence-corrected chi connectivity index (χ2v) is 8.73. The van der Waals surface area contributed by atoms with Gasteiger partial charge in [0.2, 0.25) is 5.96 Å². The first-order valence-corrected chi connectivity index (χ1v) is 11.8. The van der Waals surface area contributed by atoms with Crippen molar-refractivity contribution < 1.29 is 19.1 Å². The molecule has 4 N–H and O–H groups in total. The summed E-state index contributed by atoms with van der Waals surface area (Å²) < 4.78 is 5.75. The number of fused-ring (bicyclic) bond motifs is 1. The molecular weight excluding hydrogens is 494 g/mol. The Bertz CT molecular complexity index is 1540. The Balaban J connectivity index is 1.44. The van der Waals surface area contributed by atoms with Crippen LogP contribution in [0.15, 0.2) is 93.5 Å². The topological polar surface area (TPSA) is 129 Å². The number of guanidine groups is 1. The monoisotopic (exact) mass is 515 g/mol. The quantitative estimate of drug-likeness (QED) is 0.288. The lowest BCUT2D eigenvalue weighted by Gasteiger charge is -2.27. The third kappa shape index (κ3) is 5.03. The molecule has 2 heterocycles. The molecule has 9 nitrogen and oxygen atoms in total. The third-order valence-electron chi connectivity index (χ3n) is 5.89. The van der Waals surface area contributed by atoms with E-state index in [1.165, 1.54) is 6.07 Å². The highest BCUT2D eigenvalue weighted by molar-refractivity contribution is 6.31. The van der Waals surface area contributed by atoms with E-state index in [9.17, 15) is 14.7 Å². The van der Waals surface area contributed by atoms with E-state index in [-0.39, 0.29) is 18.1 Å². The fourth-order valence-corrected chi connectivity index (χ4v) is 4.38. The minimum absolute atomic E-state index is 0.0328. The van der Waals surface area contributed by atoms with Crippen LogP contribution in [-0.2, 0) is 11.3 Å². The Kier molecular flexibility index (Phi) is 6.61. The smallest absolute Gasteiger partial charge is 0.336 e. The minimum Gasteiger partial charge on any atom is -0.478 e. The van der Waals surface area contributed by atoms with Crippen LogP contribution in [0.4, 0.5) is 6.01 Å². The molecule has 1 atom stereocenters. The third-order valence-corrected chi connectivity index (χ3v) is 6.24. The molecule has 1 unspecified atom stereocenters. The number of carboxylic acid groups (broad SMARTS) is 1. The number of benzene rings is 3. The van der Waals surface area contributed by atoms with E-state index >= 15 is 0 Å². The normalized spacial score (nSPS) is 15.2. The number of carbonyl (C=O) groups excluding carboxylic acids is 1. The molecule has 10 heteroatoms. The number of allylic oxidation sites excluding steroid dienone is 1. The number of anilines is 1. The number of aliphatic imine (C=N–C) groups is 1. The zero-order valence-electron chi connectivity index (χ0n) is 19.7. The lowest BCUT2D eigenvalue weighted by Crippen LogP contribution is -2.39. The Morgan fingerprint density at radius 2 is 1.78 bits per heavy atom. The number of aromatic carboxylic acids is 1. The van der Waals surface area contributed by atoms with E-state index in [1.807, 2.05) is 30.3 Å². The number of carboxylic acids is 1. The summed E-state index contributed by atoms with van der Waals surface area (Å²) in [6.07, 6.45) is 0. The zero-order chi connectivity index (χ0) is 25.9. The summed E-state index contributed by atoms with van der Waals surface area (Å²) >= 11 is 6.50. The molecule has 0 aliphatic carbocycles. The van der Waals surface area contributed by atoms with Crippen molar-refractivity contribution in [1.82, 2.24) is 15.6 Å². The van der Waals surface area contributed by atoms with Gasteiger partial charge in [-0.1, -0.05) is 60.1 Å². The average molecular weight is 516 g/mol. The minimum atomic E-state index is -1.06. The first kappa shape index (κ1) is 24.1. The first-order chi connectivity index (χ1) is 17.9. The van der Waals surface area contributed by atoms with Gasteiger partial charge in [0.25, 0.3) is 5.91 Å². The molecule has 5 rings (SSSR count). The van der Waals surface area contributed by atoms with Gasteiger partial charge in [-0.2, -0.15) is 4.98 Å². The number of carbonyl (C=O) groups is 2. The summed E-state index contributed by atoms with van der Waals surface area (Å²) in [5.41, 5.74) is 3.46. The molecule has 1 amide bonds. The molecule has 0 bridgehead atoms. The molecule has 37 heavy (non-hydrogen) atoms. The molecule has 0 spiro atoms. The maximum absolute atomic E-state index is 13.4. The zero-order valence-corrected chi connectivity index (χ0v) is 20.4. The SMILES string of the molecule is CC1=C(C(=O)NCc2ccccc2C(=O)O)C(c2ccccc2Cl)N=C(Nc2nc3ccccc3o2)N1. The van der Waals surface area contributed by atoms with Crippen LogP contribution in [0.5, 0.6) is 0 Å². The predicted molar refractivity (Wildman–Crippen MR) is 140 cm³/mol. The summed E-state index contributed by atoms with van der Waals surface area (Å²) in [6, 6.07) is 20.6. The lowest BCUT2D eigenvalue weighted by atomic mass is 9.95. The van der Waals surface area contributed by atoms with Gasteiger partial charge < -0.3 is 20.2 Å². The van der Waals surface area contributed by atoms with Gasteiger partial charge >= 0.3 is 12.0 Å². The van der Waals surface area contributed by atoms with E-state index in [2.05, 4.69) is 20.9 Å². The van der Waals surface area contributed by atoms with Gasteiger partial charge in [-0.25, -0.2) is 9.79 Å². The standard InChI is InChI=1S/C27H22ClN5O4/c1-15-22(24(34)29-14-16-8-2-3-9-17(16)25(35)36)23(18-10-4-5-11-19(18)28)32-26(30-15)33-27-31-20-12-6-7-13-21(20)37-27/h2-13,23H,14H2,1H3,(H,29,34)(H,35,36)(H2,30,31,32,33).